The first kappa shape index (κ1) is 20.9. The number of benzene rings is 3. The second kappa shape index (κ2) is 9.61. The lowest BCUT2D eigenvalue weighted by Crippen LogP contribution is -2.47. The fraction of sp³-hybridized carbons (Fsp3) is 0.280. The zero-order valence-electron chi connectivity index (χ0n) is 17.1. The largest absolute Gasteiger partial charge is 0.496 e. The summed E-state index contributed by atoms with van der Waals surface area (Å²) in [6, 6.07) is 23.0. The number of methoxy groups -OCH3 is 1. The van der Waals surface area contributed by atoms with Gasteiger partial charge in [0.1, 0.15) is 11.6 Å². The van der Waals surface area contributed by atoms with Gasteiger partial charge in [-0.15, -0.1) is 0 Å². The number of para-hydroxylation sites is 1. The predicted octanol–water partition coefficient (Wildman–Crippen LogP) is 5.89. The maximum Gasteiger partial charge on any atom is 0.124 e. The maximum absolute atomic E-state index is 13.4. The highest BCUT2D eigenvalue weighted by Crippen LogP contribution is 2.37. The minimum absolute atomic E-state index is 0.0382. The van der Waals surface area contributed by atoms with E-state index < -0.39 is 0 Å². The van der Waals surface area contributed by atoms with Crippen molar-refractivity contribution in [3.63, 3.8) is 0 Å². The van der Waals surface area contributed by atoms with Crippen molar-refractivity contribution in [2.24, 2.45) is 0 Å². The van der Waals surface area contributed by atoms with Crippen LogP contribution in [0.2, 0.25) is 5.02 Å². The zero-order valence-corrected chi connectivity index (χ0v) is 17.9. The van der Waals surface area contributed by atoms with Crippen LogP contribution in [0.3, 0.4) is 0 Å². The number of halogens is 2. The molecule has 0 radical (unpaired) electrons. The number of nitrogens with zero attached hydrogens (tertiary/aromatic N) is 2. The van der Waals surface area contributed by atoms with Gasteiger partial charge in [-0.05, 0) is 41.8 Å². The van der Waals surface area contributed by atoms with Gasteiger partial charge in [0.05, 0.1) is 13.3 Å². The molecule has 1 heterocycles. The van der Waals surface area contributed by atoms with Gasteiger partial charge in [0, 0.05) is 36.8 Å². The van der Waals surface area contributed by atoms with Gasteiger partial charge in [-0.25, -0.2) is 4.39 Å². The summed E-state index contributed by atoms with van der Waals surface area (Å²) in [6.07, 6.45) is 1.09. The van der Waals surface area contributed by atoms with Crippen LogP contribution in [0.4, 0.5) is 4.39 Å². The number of hydrogen-bond acceptors (Lipinski definition) is 3. The van der Waals surface area contributed by atoms with Crippen molar-refractivity contribution in [3.8, 4) is 5.75 Å². The van der Waals surface area contributed by atoms with E-state index in [4.69, 9.17) is 16.3 Å². The smallest absolute Gasteiger partial charge is 0.124 e. The summed E-state index contributed by atoms with van der Waals surface area (Å²) in [5, 5.41) is 0.784. The van der Waals surface area contributed by atoms with Gasteiger partial charge in [0.25, 0.3) is 0 Å². The van der Waals surface area contributed by atoms with Crippen LogP contribution in [-0.4, -0.2) is 30.0 Å². The third kappa shape index (κ3) is 4.67. The molecule has 0 aromatic heterocycles. The van der Waals surface area contributed by atoms with Crippen LogP contribution in [0, 0.1) is 5.82 Å². The van der Waals surface area contributed by atoms with E-state index in [1.54, 1.807) is 7.11 Å². The van der Waals surface area contributed by atoms with Crippen molar-refractivity contribution >= 4 is 11.6 Å². The number of hydrogen-bond donors (Lipinski definition) is 0. The summed E-state index contributed by atoms with van der Waals surface area (Å²) >= 11 is 6.48. The summed E-state index contributed by atoms with van der Waals surface area (Å²) in [6.45, 7) is 3.41. The molecule has 3 aromatic rings. The number of rotatable bonds is 6. The van der Waals surface area contributed by atoms with Crippen molar-refractivity contribution in [3.05, 3.63) is 100 Å². The Morgan fingerprint density at radius 2 is 1.57 bits per heavy atom. The van der Waals surface area contributed by atoms with Crippen molar-refractivity contribution in [2.45, 2.75) is 25.7 Å². The highest BCUT2D eigenvalue weighted by atomic mass is 35.5. The summed E-state index contributed by atoms with van der Waals surface area (Å²) in [4.78, 5) is 4.89. The summed E-state index contributed by atoms with van der Waals surface area (Å²) in [5.74, 6) is 0.664. The van der Waals surface area contributed by atoms with Gasteiger partial charge in [0.15, 0.2) is 0 Å². The lowest BCUT2D eigenvalue weighted by atomic mass is 10.0. The summed E-state index contributed by atoms with van der Waals surface area (Å²) in [7, 11) is 1.71. The first-order valence-corrected chi connectivity index (χ1v) is 10.6. The highest BCUT2D eigenvalue weighted by molar-refractivity contribution is 6.31. The normalized spacial score (nSPS) is 17.8. The third-order valence-electron chi connectivity index (χ3n) is 5.63. The molecule has 5 heteroatoms. The molecular weight excluding hydrogens is 399 g/mol. The van der Waals surface area contributed by atoms with E-state index in [1.807, 2.05) is 42.5 Å². The molecule has 1 saturated heterocycles. The quantitative estimate of drug-likeness (QED) is 0.490. The van der Waals surface area contributed by atoms with E-state index in [2.05, 4.69) is 28.0 Å². The molecule has 1 aliphatic rings. The molecule has 0 aliphatic carbocycles. The summed E-state index contributed by atoms with van der Waals surface area (Å²) in [5.41, 5.74) is 3.34. The molecule has 0 spiro atoms. The van der Waals surface area contributed by atoms with Crippen LogP contribution >= 0.6 is 11.6 Å². The van der Waals surface area contributed by atoms with E-state index >= 15 is 0 Å². The molecule has 0 N–H and O–H groups in total. The van der Waals surface area contributed by atoms with E-state index in [9.17, 15) is 4.39 Å². The highest BCUT2D eigenvalue weighted by Gasteiger charge is 2.32. The average Bonchev–Trinajstić information content (AvgIpc) is 2.77. The Kier molecular flexibility index (Phi) is 6.68. The fourth-order valence-electron chi connectivity index (χ4n) is 4.23. The molecule has 1 aliphatic heterocycles. The lowest BCUT2D eigenvalue weighted by molar-refractivity contribution is -0.0103. The number of ether oxygens (including phenoxy) is 1. The third-order valence-corrected chi connectivity index (χ3v) is 6.00. The van der Waals surface area contributed by atoms with E-state index in [0.29, 0.717) is 0 Å². The molecular formula is C25H26ClFN2O. The SMILES string of the molecule is COc1ccccc1[C@H]1N(Cc2ccc(F)cc2)CCCN1Cc1ccccc1Cl. The molecule has 3 nitrogen and oxygen atoms in total. The monoisotopic (exact) mass is 424 g/mol. The Morgan fingerprint density at radius 1 is 0.900 bits per heavy atom. The Bertz CT molecular complexity index is 979. The van der Waals surface area contributed by atoms with E-state index in [-0.39, 0.29) is 12.0 Å². The first-order chi connectivity index (χ1) is 14.7. The molecule has 4 rings (SSSR count). The lowest BCUT2D eigenvalue weighted by Gasteiger charge is -2.44. The molecule has 1 atom stereocenters. The Balaban J connectivity index is 1.69. The molecule has 0 bridgehead atoms. The van der Waals surface area contributed by atoms with Gasteiger partial charge in [0.2, 0.25) is 0 Å². The van der Waals surface area contributed by atoms with Gasteiger partial charge in [-0.3, -0.25) is 9.80 Å². The minimum atomic E-state index is -0.209. The van der Waals surface area contributed by atoms with Gasteiger partial charge in [-0.2, -0.15) is 0 Å². The van der Waals surface area contributed by atoms with Crippen molar-refractivity contribution in [1.29, 1.82) is 0 Å². The zero-order chi connectivity index (χ0) is 20.9. The van der Waals surface area contributed by atoms with Crippen molar-refractivity contribution < 1.29 is 9.13 Å². The Morgan fingerprint density at radius 3 is 2.30 bits per heavy atom. The van der Waals surface area contributed by atoms with Crippen LogP contribution in [0.15, 0.2) is 72.8 Å². The predicted molar refractivity (Wildman–Crippen MR) is 119 cm³/mol. The van der Waals surface area contributed by atoms with Crippen LogP contribution in [0.5, 0.6) is 5.75 Å². The molecule has 3 aromatic carbocycles. The molecule has 0 unspecified atom stereocenters. The Labute approximate surface area is 182 Å². The molecule has 30 heavy (non-hydrogen) atoms. The molecule has 1 fully saturated rings. The first-order valence-electron chi connectivity index (χ1n) is 10.2. The van der Waals surface area contributed by atoms with Gasteiger partial charge >= 0.3 is 0 Å². The maximum atomic E-state index is 13.4. The fourth-order valence-corrected chi connectivity index (χ4v) is 4.42. The second-order valence-electron chi connectivity index (χ2n) is 7.63. The van der Waals surface area contributed by atoms with Crippen LogP contribution in [-0.2, 0) is 13.1 Å². The Hall–Kier alpha value is -2.40. The average molecular weight is 425 g/mol. The summed E-state index contributed by atoms with van der Waals surface area (Å²) < 4.78 is 19.1. The molecule has 156 valence electrons. The van der Waals surface area contributed by atoms with E-state index in [0.717, 1.165) is 60.1 Å². The van der Waals surface area contributed by atoms with Crippen molar-refractivity contribution in [2.75, 3.05) is 20.2 Å². The van der Waals surface area contributed by atoms with Gasteiger partial charge in [-0.1, -0.05) is 60.1 Å². The van der Waals surface area contributed by atoms with Crippen LogP contribution < -0.4 is 4.74 Å². The molecule has 0 amide bonds. The second-order valence-corrected chi connectivity index (χ2v) is 8.04. The van der Waals surface area contributed by atoms with E-state index in [1.165, 1.54) is 12.1 Å². The minimum Gasteiger partial charge on any atom is -0.496 e. The van der Waals surface area contributed by atoms with Crippen LogP contribution in [0.1, 0.15) is 29.3 Å². The van der Waals surface area contributed by atoms with Gasteiger partial charge < -0.3 is 4.74 Å². The molecule has 0 saturated carbocycles. The van der Waals surface area contributed by atoms with Crippen LogP contribution in [0.25, 0.3) is 0 Å². The van der Waals surface area contributed by atoms with Crippen molar-refractivity contribution in [1.82, 2.24) is 9.80 Å². The standard InChI is InChI=1S/C25H26ClFN2O/c1-30-24-10-5-3-8-22(24)25-28(17-19-11-13-21(27)14-12-19)15-6-16-29(25)18-20-7-2-4-9-23(20)26/h2-5,7-14,25H,6,15-18H2,1H3/t25-/m0/s1. The topological polar surface area (TPSA) is 15.7 Å².